The summed E-state index contributed by atoms with van der Waals surface area (Å²) in [5.41, 5.74) is 1.99. The molecular weight excluding hydrogens is 396 g/mol. The predicted molar refractivity (Wildman–Crippen MR) is 114 cm³/mol. The van der Waals surface area contributed by atoms with Gasteiger partial charge in [-0.15, -0.1) is 0 Å². The van der Waals surface area contributed by atoms with Crippen molar-refractivity contribution in [2.45, 2.75) is 12.1 Å². The minimum Gasteiger partial charge on any atom is -0.508 e. The quantitative estimate of drug-likeness (QED) is 0.657. The fourth-order valence-electron chi connectivity index (χ4n) is 4.21. The Hall–Kier alpha value is -3.84. The van der Waals surface area contributed by atoms with E-state index in [1.165, 1.54) is 4.90 Å². The smallest absolute Gasteiger partial charge is 0.266 e. The molecule has 2 aliphatic heterocycles. The van der Waals surface area contributed by atoms with Crippen LogP contribution in [0, 0.1) is 5.92 Å². The molecule has 7 heteroatoms. The molecule has 156 valence electrons. The Kier molecular flexibility index (Phi) is 4.60. The van der Waals surface area contributed by atoms with Gasteiger partial charge in [0, 0.05) is 0 Å². The van der Waals surface area contributed by atoms with Crippen molar-refractivity contribution in [2.24, 2.45) is 5.92 Å². The summed E-state index contributed by atoms with van der Waals surface area (Å²) < 4.78 is 5.17. The number of carbonyl (C=O) groups excluding carboxylic acids is 2. The van der Waals surface area contributed by atoms with Crippen LogP contribution in [-0.2, 0) is 14.4 Å². The lowest BCUT2D eigenvalue weighted by Crippen LogP contribution is -2.37. The third-order valence-electron chi connectivity index (χ3n) is 5.69. The van der Waals surface area contributed by atoms with E-state index in [0.717, 1.165) is 11.3 Å². The van der Waals surface area contributed by atoms with E-state index in [-0.39, 0.29) is 11.7 Å². The zero-order chi connectivity index (χ0) is 21.5. The maximum atomic E-state index is 13.5. The first-order valence-corrected chi connectivity index (χ1v) is 9.90. The number of hydrogen-bond acceptors (Lipinski definition) is 6. The molecule has 1 N–H and O–H groups in total. The lowest BCUT2D eigenvalue weighted by Gasteiger charge is -2.28. The second-order valence-corrected chi connectivity index (χ2v) is 7.46. The van der Waals surface area contributed by atoms with Gasteiger partial charge in [0.15, 0.2) is 6.10 Å². The van der Waals surface area contributed by atoms with E-state index in [4.69, 9.17) is 9.57 Å². The van der Waals surface area contributed by atoms with Gasteiger partial charge in [-0.2, -0.15) is 0 Å². The summed E-state index contributed by atoms with van der Waals surface area (Å²) in [6, 6.07) is 22.2. The lowest BCUT2D eigenvalue weighted by atomic mass is 9.90. The summed E-state index contributed by atoms with van der Waals surface area (Å²) >= 11 is 0. The number of ether oxygens (including phenoxy) is 1. The number of nitrogens with zero attached hydrogens (tertiary/aromatic N) is 2. The average molecular weight is 416 g/mol. The van der Waals surface area contributed by atoms with E-state index >= 15 is 0 Å². The van der Waals surface area contributed by atoms with E-state index in [2.05, 4.69) is 0 Å². The first-order valence-electron chi connectivity index (χ1n) is 9.90. The van der Waals surface area contributed by atoms with Crippen LogP contribution in [0.3, 0.4) is 0 Å². The monoisotopic (exact) mass is 416 g/mol. The Morgan fingerprint density at radius 2 is 1.52 bits per heavy atom. The molecule has 2 saturated heterocycles. The fraction of sp³-hybridized carbons (Fsp3) is 0.167. The zero-order valence-corrected chi connectivity index (χ0v) is 16.7. The SMILES string of the molecule is COc1ccc(N2C(=O)[C@@H]3[C@H](ON(c4ccccc4)[C@H]3c3ccc(O)cc3)C2=O)cc1. The van der Waals surface area contributed by atoms with Crippen molar-refractivity contribution >= 4 is 23.2 Å². The molecule has 0 radical (unpaired) electrons. The Morgan fingerprint density at radius 3 is 2.16 bits per heavy atom. The molecule has 0 unspecified atom stereocenters. The van der Waals surface area contributed by atoms with Crippen molar-refractivity contribution in [3.63, 3.8) is 0 Å². The highest BCUT2D eigenvalue weighted by Crippen LogP contribution is 2.47. The van der Waals surface area contributed by atoms with E-state index in [0.29, 0.717) is 11.4 Å². The minimum atomic E-state index is -0.936. The summed E-state index contributed by atoms with van der Waals surface area (Å²) in [7, 11) is 1.56. The molecule has 2 heterocycles. The third kappa shape index (κ3) is 3.10. The lowest BCUT2D eigenvalue weighted by molar-refractivity contribution is -0.126. The topological polar surface area (TPSA) is 79.3 Å². The van der Waals surface area contributed by atoms with Crippen molar-refractivity contribution in [1.29, 1.82) is 0 Å². The summed E-state index contributed by atoms with van der Waals surface area (Å²) in [5, 5.41) is 11.3. The normalized spacial score (nSPS) is 22.7. The summed E-state index contributed by atoms with van der Waals surface area (Å²) in [4.78, 5) is 34.0. The number of hydroxylamine groups is 1. The average Bonchev–Trinajstić information content (AvgIpc) is 3.31. The largest absolute Gasteiger partial charge is 0.508 e. The third-order valence-corrected chi connectivity index (χ3v) is 5.69. The van der Waals surface area contributed by atoms with Gasteiger partial charge in [-0.25, -0.2) is 9.96 Å². The number of methoxy groups -OCH3 is 1. The van der Waals surface area contributed by atoms with Crippen LogP contribution in [0.25, 0.3) is 0 Å². The van der Waals surface area contributed by atoms with Crippen molar-refractivity contribution in [1.82, 2.24) is 0 Å². The molecule has 3 atom stereocenters. The Morgan fingerprint density at radius 1 is 0.839 bits per heavy atom. The molecule has 7 nitrogen and oxygen atoms in total. The second kappa shape index (κ2) is 7.45. The van der Waals surface area contributed by atoms with Crippen LogP contribution >= 0.6 is 0 Å². The molecule has 5 rings (SSSR count). The number of phenolic OH excluding ortho intramolecular Hbond substituents is 1. The van der Waals surface area contributed by atoms with Crippen LogP contribution in [0.1, 0.15) is 11.6 Å². The Bertz CT molecular complexity index is 1110. The second-order valence-electron chi connectivity index (χ2n) is 7.46. The minimum absolute atomic E-state index is 0.124. The standard InChI is InChI=1S/C24H20N2O5/c1-30-19-13-9-16(10-14-19)25-23(28)20-21(15-7-11-18(27)12-8-15)26(31-22(20)24(25)29)17-5-3-2-4-6-17/h2-14,20-22,27H,1H3/t20-,21-,22-/m0/s1. The van der Waals surface area contributed by atoms with Crippen LogP contribution in [0.15, 0.2) is 78.9 Å². The van der Waals surface area contributed by atoms with E-state index in [1.54, 1.807) is 60.7 Å². The Balaban J connectivity index is 1.56. The molecule has 0 saturated carbocycles. The summed E-state index contributed by atoms with van der Waals surface area (Å²) in [5.74, 6) is -0.686. The molecule has 3 aromatic rings. The van der Waals surface area contributed by atoms with Crippen LogP contribution in [-0.4, -0.2) is 30.1 Å². The van der Waals surface area contributed by atoms with Crippen LogP contribution in [0.4, 0.5) is 11.4 Å². The van der Waals surface area contributed by atoms with Gasteiger partial charge >= 0.3 is 0 Å². The molecule has 0 aliphatic carbocycles. The number of amides is 2. The van der Waals surface area contributed by atoms with Gasteiger partial charge < -0.3 is 9.84 Å². The first-order chi connectivity index (χ1) is 15.1. The van der Waals surface area contributed by atoms with E-state index in [1.807, 2.05) is 30.3 Å². The van der Waals surface area contributed by atoms with Gasteiger partial charge in [0.25, 0.3) is 5.91 Å². The number of imide groups is 1. The number of carbonyl (C=O) groups is 2. The molecule has 0 spiro atoms. The Labute approximate surface area is 179 Å². The van der Waals surface area contributed by atoms with Gasteiger partial charge in [0.2, 0.25) is 5.91 Å². The van der Waals surface area contributed by atoms with Gasteiger partial charge in [0.05, 0.1) is 24.5 Å². The first kappa shape index (κ1) is 19.1. The van der Waals surface area contributed by atoms with Crippen molar-refractivity contribution in [2.75, 3.05) is 17.1 Å². The molecular formula is C24H20N2O5. The predicted octanol–water partition coefficient (Wildman–Crippen LogP) is 3.45. The fourth-order valence-corrected chi connectivity index (χ4v) is 4.21. The molecule has 0 aromatic heterocycles. The van der Waals surface area contributed by atoms with Crippen molar-refractivity contribution in [3.8, 4) is 11.5 Å². The number of benzene rings is 3. The van der Waals surface area contributed by atoms with Gasteiger partial charge in [-0.05, 0) is 54.1 Å². The molecule has 3 aromatic carbocycles. The molecule has 31 heavy (non-hydrogen) atoms. The highest BCUT2D eigenvalue weighted by Gasteiger charge is 2.60. The summed E-state index contributed by atoms with van der Waals surface area (Å²) in [6.07, 6.45) is -0.936. The van der Waals surface area contributed by atoms with Gasteiger partial charge in [0.1, 0.15) is 17.4 Å². The van der Waals surface area contributed by atoms with E-state index < -0.39 is 24.0 Å². The number of hydrogen-bond donors (Lipinski definition) is 1. The maximum absolute atomic E-state index is 13.5. The van der Waals surface area contributed by atoms with E-state index in [9.17, 15) is 14.7 Å². The van der Waals surface area contributed by atoms with Gasteiger partial charge in [-0.1, -0.05) is 30.3 Å². The van der Waals surface area contributed by atoms with Crippen LogP contribution < -0.4 is 14.7 Å². The zero-order valence-electron chi connectivity index (χ0n) is 16.7. The highest BCUT2D eigenvalue weighted by atomic mass is 16.7. The van der Waals surface area contributed by atoms with Gasteiger partial charge in [-0.3, -0.25) is 14.4 Å². The highest BCUT2D eigenvalue weighted by molar-refractivity contribution is 6.23. The molecule has 2 aliphatic rings. The number of phenols is 1. The van der Waals surface area contributed by atoms with Crippen molar-refractivity contribution in [3.05, 3.63) is 84.4 Å². The van der Waals surface area contributed by atoms with Crippen LogP contribution in [0.5, 0.6) is 11.5 Å². The maximum Gasteiger partial charge on any atom is 0.266 e. The van der Waals surface area contributed by atoms with Crippen LogP contribution in [0.2, 0.25) is 0 Å². The number of anilines is 2. The number of rotatable bonds is 4. The van der Waals surface area contributed by atoms with Crippen molar-refractivity contribution < 1.29 is 24.3 Å². The molecule has 0 bridgehead atoms. The number of fused-ring (bicyclic) bond motifs is 1. The molecule has 2 amide bonds. The number of aromatic hydroxyl groups is 1. The molecule has 2 fully saturated rings. The summed E-state index contributed by atoms with van der Waals surface area (Å²) in [6.45, 7) is 0. The number of para-hydroxylation sites is 1.